The van der Waals surface area contributed by atoms with Gasteiger partial charge in [-0.2, -0.15) is 6.58 Å². The molecule has 0 aliphatic heterocycles. The first-order valence-electron chi connectivity index (χ1n) is 12.6. The van der Waals surface area contributed by atoms with Crippen LogP contribution in [0.15, 0.2) is 145 Å². The van der Waals surface area contributed by atoms with Crippen LogP contribution >= 0.6 is 0 Å². The fraction of sp³-hybridized carbons (Fsp3) is 0.0857. The molecule has 0 aliphatic carbocycles. The number of benzene rings is 3. The van der Waals surface area contributed by atoms with E-state index in [2.05, 4.69) is 83.5 Å². The average molecular weight is 689 g/mol. The monoisotopic (exact) mass is 688 g/mol. The maximum Gasteiger partial charge on any atom is 2.00 e. The van der Waals surface area contributed by atoms with Gasteiger partial charge in [0.1, 0.15) is 0 Å². The first-order chi connectivity index (χ1) is 18.6. The molecule has 1 aromatic heterocycles. The molecule has 0 N–H and O–H groups in total. The summed E-state index contributed by atoms with van der Waals surface area (Å²) in [4.78, 5) is 11.1. The average Bonchev–Trinajstić information content (AvgIpc) is 2.98. The smallest absolute Gasteiger partial charge is 0.346 e. The number of pyridine rings is 1. The predicted molar refractivity (Wildman–Crippen MR) is 161 cm³/mol. The summed E-state index contributed by atoms with van der Waals surface area (Å²) in [7, 11) is 0. The van der Waals surface area contributed by atoms with Gasteiger partial charge in [-0.3, -0.25) is 0 Å². The van der Waals surface area contributed by atoms with Gasteiger partial charge in [0.2, 0.25) is 0 Å². The molecule has 39 heavy (non-hydrogen) atoms. The van der Waals surface area contributed by atoms with Gasteiger partial charge in [-0.1, -0.05) is 74.5 Å². The van der Waals surface area contributed by atoms with E-state index in [0.717, 1.165) is 46.0 Å². The van der Waals surface area contributed by atoms with E-state index < -0.39 is 0 Å². The zero-order valence-corrected chi connectivity index (χ0v) is 24.5. The van der Waals surface area contributed by atoms with E-state index in [1.165, 1.54) is 5.56 Å². The summed E-state index contributed by atoms with van der Waals surface area (Å²) in [5.41, 5.74) is 8.09. The first-order valence-corrected chi connectivity index (χ1v) is 12.6. The summed E-state index contributed by atoms with van der Waals surface area (Å²) in [6.07, 6.45) is 11.7. The molecule has 0 spiro atoms. The van der Waals surface area contributed by atoms with E-state index in [0.29, 0.717) is 5.57 Å². The van der Waals surface area contributed by atoms with Crippen molar-refractivity contribution in [1.82, 2.24) is 4.98 Å². The second kappa shape index (κ2) is 14.8. The summed E-state index contributed by atoms with van der Waals surface area (Å²) in [6.45, 7) is 12.3. The number of hydrogen-bond donors (Lipinski definition) is 0. The van der Waals surface area contributed by atoms with Gasteiger partial charge in [0.25, 0.3) is 0 Å². The van der Waals surface area contributed by atoms with Crippen LogP contribution < -0.4 is 4.90 Å². The van der Waals surface area contributed by atoms with Crippen molar-refractivity contribution in [3.63, 3.8) is 0 Å². The predicted octanol–water partition coefficient (Wildman–Crippen LogP) is 9.17. The molecule has 0 bridgehead atoms. The van der Waals surface area contributed by atoms with Gasteiger partial charge in [0.15, 0.2) is 0 Å². The summed E-state index contributed by atoms with van der Waals surface area (Å²) < 4.78 is 0. The number of anilines is 2. The third kappa shape index (κ3) is 7.72. The Balaban J connectivity index is 0.00000420. The van der Waals surface area contributed by atoms with Gasteiger partial charge in [-0.05, 0) is 58.5 Å². The number of rotatable bonds is 10. The van der Waals surface area contributed by atoms with Crippen molar-refractivity contribution in [3.05, 3.63) is 152 Å². The molecule has 0 fully saturated rings. The molecule has 4 heteroatoms. The standard InChI is InChI=1S/C35H31N3.Pt/c1-5-7-23-36-28(4)27(3)25-32(6-2)38(33-21-19-30(20-22-33)29-14-9-8-10-15-29)34-17-13-16-31(26-34)35-18-11-12-24-37-35;/h6-24H,2-3,5H2,1,4H3;/q-2;+2/b23-7-,36-28?;. The van der Waals surface area contributed by atoms with E-state index in [1.54, 1.807) is 18.5 Å². The summed E-state index contributed by atoms with van der Waals surface area (Å²) in [5.74, 6) is 0. The maximum atomic E-state index is 4.51. The van der Waals surface area contributed by atoms with Gasteiger partial charge in [0, 0.05) is 18.1 Å². The van der Waals surface area contributed by atoms with Crippen molar-refractivity contribution < 1.29 is 21.1 Å². The van der Waals surface area contributed by atoms with Crippen molar-refractivity contribution >= 4 is 17.1 Å². The van der Waals surface area contributed by atoms with Gasteiger partial charge in [-0.25, -0.2) is 0 Å². The second-order valence-electron chi connectivity index (χ2n) is 8.61. The number of hydrogen-bond acceptors (Lipinski definition) is 3. The third-order valence-electron chi connectivity index (χ3n) is 5.95. The Hall–Kier alpha value is -4.07. The van der Waals surface area contributed by atoms with Crippen LogP contribution in [0.1, 0.15) is 20.3 Å². The number of allylic oxidation sites excluding steroid dienone is 4. The fourth-order valence-corrected chi connectivity index (χ4v) is 3.89. The Labute approximate surface area is 246 Å². The van der Waals surface area contributed by atoms with Crippen molar-refractivity contribution in [3.8, 4) is 22.4 Å². The third-order valence-corrected chi connectivity index (χ3v) is 5.95. The van der Waals surface area contributed by atoms with E-state index in [-0.39, 0.29) is 21.1 Å². The Bertz CT molecular complexity index is 1470. The quantitative estimate of drug-likeness (QED) is 0.0945. The zero-order chi connectivity index (χ0) is 26.7. The molecule has 0 radical (unpaired) electrons. The normalized spacial score (nSPS) is 11.6. The van der Waals surface area contributed by atoms with Crippen LogP contribution in [0.3, 0.4) is 0 Å². The van der Waals surface area contributed by atoms with Crippen molar-refractivity contribution in [2.45, 2.75) is 20.3 Å². The molecule has 0 unspecified atom stereocenters. The molecule has 0 atom stereocenters. The zero-order valence-electron chi connectivity index (χ0n) is 22.2. The summed E-state index contributed by atoms with van der Waals surface area (Å²) >= 11 is 0. The first kappa shape index (κ1) is 29.5. The molecule has 0 saturated heterocycles. The molecule has 3 nitrogen and oxygen atoms in total. The Morgan fingerprint density at radius 2 is 1.67 bits per heavy atom. The van der Waals surface area contributed by atoms with Crippen LogP contribution in [0.25, 0.3) is 22.4 Å². The minimum atomic E-state index is 0. The van der Waals surface area contributed by atoms with Crippen LogP contribution in [0, 0.1) is 12.1 Å². The van der Waals surface area contributed by atoms with E-state index in [1.807, 2.05) is 67.6 Å². The van der Waals surface area contributed by atoms with E-state index in [4.69, 9.17) is 0 Å². The van der Waals surface area contributed by atoms with Gasteiger partial charge in [0.05, 0.1) is 0 Å². The van der Waals surface area contributed by atoms with Gasteiger partial charge < -0.3 is 14.9 Å². The summed E-state index contributed by atoms with van der Waals surface area (Å²) in [6, 6.07) is 34.3. The van der Waals surface area contributed by atoms with Crippen LogP contribution in [0.2, 0.25) is 0 Å². The summed E-state index contributed by atoms with van der Waals surface area (Å²) in [5, 5.41) is 0. The fourth-order valence-electron chi connectivity index (χ4n) is 3.89. The molecule has 0 amide bonds. The van der Waals surface area contributed by atoms with Crippen molar-refractivity contribution in [1.29, 1.82) is 0 Å². The number of aromatic nitrogens is 1. The van der Waals surface area contributed by atoms with Crippen LogP contribution in [-0.2, 0) is 21.1 Å². The van der Waals surface area contributed by atoms with E-state index >= 15 is 0 Å². The van der Waals surface area contributed by atoms with Crippen molar-refractivity contribution in [2.24, 2.45) is 4.99 Å². The minimum Gasteiger partial charge on any atom is -0.346 e. The molecular weight excluding hydrogens is 657 g/mol. The largest absolute Gasteiger partial charge is 2.00 e. The molecule has 4 aromatic rings. The number of aliphatic imine (C=N–C) groups is 1. The van der Waals surface area contributed by atoms with Gasteiger partial charge >= 0.3 is 21.1 Å². The minimum absolute atomic E-state index is 0. The topological polar surface area (TPSA) is 28.5 Å². The Morgan fingerprint density at radius 3 is 2.33 bits per heavy atom. The van der Waals surface area contributed by atoms with E-state index in [9.17, 15) is 0 Å². The molecule has 1 heterocycles. The molecule has 196 valence electrons. The van der Waals surface area contributed by atoms with Crippen LogP contribution in [-0.4, -0.2) is 10.7 Å². The molecule has 0 aliphatic rings. The molecule has 3 aromatic carbocycles. The molecule has 0 saturated carbocycles. The Kier molecular flexibility index (Phi) is 11.2. The Morgan fingerprint density at radius 1 is 0.949 bits per heavy atom. The van der Waals surface area contributed by atoms with Crippen molar-refractivity contribution in [2.75, 3.05) is 4.90 Å². The number of nitrogens with zero attached hydrogens (tertiary/aromatic N) is 3. The molecular formula is C35H31N3Pt. The van der Waals surface area contributed by atoms with Gasteiger partial charge in [-0.15, -0.1) is 54.1 Å². The maximum absolute atomic E-state index is 4.51. The van der Waals surface area contributed by atoms with Crippen LogP contribution in [0.5, 0.6) is 0 Å². The van der Waals surface area contributed by atoms with Crippen LogP contribution in [0.4, 0.5) is 11.4 Å². The molecule has 4 rings (SSSR count). The second-order valence-corrected chi connectivity index (χ2v) is 8.61. The SMILES string of the molecule is C=CC(=[C-]C(=C)C(C)=N/C=C\CC)N(c1[c-]c(-c2ccccn2)ccc1)c1ccc(-c2ccccc2)cc1.[Pt+2].